The van der Waals surface area contributed by atoms with Crippen LogP contribution < -0.4 is 5.32 Å². The van der Waals surface area contributed by atoms with Crippen LogP contribution in [-0.4, -0.2) is 37.2 Å². The summed E-state index contributed by atoms with van der Waals surface area (Å²) >= 11 is 0. The number of amides is 1. The molecule has 1 aliphatic rings. The van der Waals surface area contributed by atoms with Gasteiger partial charge in [-0.2, -0.15) is 5.10 Å². The number of rotatable bonds is 5. The summed E-state index contributed by atoms with van der Waals surface area (Å²) in [7, 11) is 0. The lowest BCUT2D eigenvalue weighted by Gasteiger charge is -2.33. The molecule has 3 rings (SSSR count). The molecule has 0 radical (unpaired) electrons. The van der Waals surface area contributed by atoms with E-state index in [1.54, 1.807) is 0 Å². The number of benzene rings is 1. The molecule has 1 amide bonds. The second kappa shape index (κ2) is 6.95. The van der Waals surface area contributed by atoms with Crippen molar-refractivity contribution in [3.05, 3.63) is 52.3 Å². The molecule has 0 spiro atoms. The Morgan fingerprint density at radius 2 is 1.85 bits per heavy atom. The first-order valence-electron chi connectivity index (χ1n) is 8.27. The highest BCUT2D eigenvalue weighted by Gasteiger charge is 2.41. The maximum Gasteiger partial charge on any atom is 0.329 e. The number of carbonyl (C=O) groups excluding carboxylic acids is 1. The normalized spacial score (nSPS) is 16.0. The molecular weight excluding hydrogens is 340 g/mol. The molecule has 0 unspecified atom stereocenters. The molecule has 9 heteroatoms. The summed E-state index contributed by atoms with van der Waals surface area (Å²) in [5.74, 6) is -1.52. The number of nitro groups is 1. The number of nitro benzene ring substituents is 1. The van der Waals surface area contributed by atoms with E-state index in [4.69, 9.17) is 0 Å². The fourth-order valence-corrected chi connectivity index (χ4v) is 3.15. The lowest BCUT2D eigenvalue weighted by Crippen LogP contribution is -2.55. The third-order valence-corrected chi connectivity index (χ3v) is 4.64. The van der Waals surface area contributed by atoms with E-state index in [0.29, 0.717) is 18.5 Å². The summed E-state index contributed by atoms with van der Waals surface area (Å²) in [6.45, 7) is 0. The number of hydrogen-bond acceptors (Lipinski definition) is 5. The van der Waals surface area contributed by atoms with Gasteiger partial charge in [-0.05, 0) is 25.0 Å². The van der Waals surface area contributed by atoms with Crippen molar-refractivity contribution in [2.24, 2.45) is 0 Å². The van der Waals surface area contributed by atoms with Crippen LogP contribution in [0.2, 0.25) is 0 Å². The summed E-state index contributed by atoms with van der Waals surface area (Å²) in [5.41, 5.74) is -0.487. The van der Waals surface area contributed by atoms with Gasteiger partial charge in [0.1, 0.15) is 5.54 Å². The van der Waals surface area contributed by atoms with E-state index in [2.05, 4.69) is 10.4 Å². The van der Waals surface area contributed by atoms with Crippen LogP contribution in [0, 0.1) is 10.1 Å². The van der Waals surface area contributed by atoms with E-state index in [9.17, 15) is 24.8 Å². The van der Waals surface area contributed by atoms with Crippen LogP contribution in [0.15, 0.2) is 36.7 Å². The fourth-order valence-electron chi connectivity index (χ4n) is 3.15. The molecule has 0 aliphatic heterocycles. The third-order valence-electron chi connectivity index (χ3n) is 4.64. The Morgan fingerprint density at radius 1 is 1.19 bits per heavy atom. The average molecular weight is 358 g/mol. The van der Waals surface area contributed by atoms with Crippen molar-refractivity contribution in [2.75, 3.05) is 0 Å². The first kappa shape index (κ1) is 17.6. The van der Waals surface area contributed by atoms with Gasteiger partial charge < -0.3 is 10.4 Å². The Kier molecular flexibility index (Phi) is 4.70. The minimum absolute atomic E-state index is 0.0421. The van der Waals surface area contributed by atoms with Gasteiger partial charge in [-0.25, -0.2) is 9.48 Å². The predicted molar refractivity (Wildman–Crippen MR) is 91.1 cm³/mol. The van der Waals surface area contributed by atoms with Crippen molar-refractivity contribution >= 4 is 17.6 Å². The van der Waals surface area contributed by atoms with E-state index >= 15 is 0 Å². The summed E-state index contributed by atoms with van der Waals surface area (Å²) in [6.07, 6.45) is 6.10. The van der Waals surface area contributed by atoms with Crippen LogP contribution in [0.3, 0.4) is 0 Å². The predicted octanol–water partition coefficient (Wildman–Crippen LogP) is 2.30. The minimum atomic E-state index is -1.23. The molecule has 2 N–H and O–H groups in total. The minimum Gasteiger partial charge on any atom is -0.480 e. The maximum absolute atomic E-state index is 12.5. The first-order chi connectivity index (χ1) is 12.4. The van der Waals surface area contributed by atoms with Crippen molar-refractivity contribution in [2.45, 2.75) is 37.6 Å². The van der Waals surface area contributed by atoms with Gasteiger partial charge in [0, 0.05) is 18.3 Å². The Hall–Kier alpha value is -3.23. The molecule has 9 nitrogen and oxygen atoms in total. The summed E-state index contributed by atoms with van der Waals surface area (Å²) in [5, 5.41) is 27.0. The second-order valence-electron chi connectivity index (χ2n) is 6.35. The summed E-state index contributed by atoms with van der Waals surface area (Å²) in [6, 6.07) is 5.73. The van der Waals surface area contributed by atoms with Gasteiger partial charge in [0.25, 0.3) is 11.6 Å². The smallest absolute Gasteiger partial charge is 0.329 e. The van der Waals surface area contributed by atoms with Gasteiger partial charge in [0.15, 0.2) is 0 Å². The van der Waals surface area contributed by atoms with Crippen molar-refractivity contribution in [1.29, 1.82) is 0 Å². The number of carboxylic acid groups (broad SMARTS) is 1. The SMILES string of the molecule is O=C(NC1(C(=O)O)CCCCC1)c1cnn(-c2ccc([N+](=O)[O-])cc2)c1. The topological polar surface area (TPSA) is 127 Å². The molecule has 0 bridgehead atoms. The van der Waals surface area contributed by atoms with Gasteiger partial charge in [-0.1, -0.05) is 19.3 Å². The third kappa shape index (κ3) is 3.41. The molecule has 1 aromatic carbocycles. The number of nitrogens with one attached hydrogen (secondary N) is 1. The van der Waals surface area contributed by atoms with Crippen molar-refractivity contribution < 1.29 is 19.6 Å². The Morgan fingerprint density at radius 3 is 2.42 bits per heavy atom. The molecular formula is C17H18N4O5. The standard InChI is InChI=1S/C17H18N4O5/c22-15(19-17(16(23)24)8-2-1-3-9-17)12-10-18-20(11-12)13-4-6-14(7-5-13)21(25)26/h4-7,10-11H,1-3,8-9H2,(H,19,22)(H,23,24). The molecule has 2 aromatic rings. The molecule has 1 saturated carbocycles. The average Bonchev–Trinajstić information content (AvgIpc) is 3.13. The number of non-ortho nitro benzene ring substituents is 1. The largest absolute Gasteiger partial charge is 0.480 e. The number of carboxylic acids is 1. The highest BCUT2D eigenvalue weighted by atomic mass is 16.6. The zero-order valence-electron chi connectivity index (χ0n) is 13.9. The van der Waals surface area contributed by atoms with E-state index in [0.717, 1.165) is 19.3 Å². The zero-order chi connectivity index (χ0) is 18.7. The molecule has 136 valence electrons. The highest BCUT2D eigenvalue weighted by molar-refractivity contribution is 5.97. The van der Waals surface area contributed by atoms with E-state index < -0.39 is 22.3 Å². The Bertz CT molecular complexity index is 837. The molecule has 1 heterocycles. The zero-order valence-corrected chi connectivity index (χ0v) is 13.9. The number of carbonyl (C=O) groups is 2. The van der Waals surface area contributed by atoms with E-state index in [1.807, 2.05) is 0 Å². The van der Waals surface area contributed by atoms with Crippen LogP contribution in [0.1, 0.15) is 42.5 Å². The summed E-state index contributed by atoms with van der Waals surface area (Å²) < 4.78 is 1.41. The lowest BCUT2D eigenvalue weighted by molar-refractivity contribution is -0.384. The quantitative estimate of drug-likeness (QED) is 0.623. The van der Waals surface area contributed by atoms with Crippen molar-refractivity contribution in [3.63, 3.8) is 0 Å². The van der Waals surface area contributed by atoms with Crippen LogP contribution in [0.4, 0.5) is 5.69 Å². The van der Waals surface area contributed by atoms with Crippen LogP contribution in [0.25, 0.3) is 5.69 Å². The second-order valence-corrected chi connectivity index (χ2v) is 6.35. The molecule has 0 atom stereocenters. The fraction of sp³-hybridized carbons (Fsp3) is 0.353. The molecule has 1 fully saturated rings. The van der Waals surface area contributed by atoms with E-state index in [-0.39, 0.29) is 11.3 Å². The number of nitrogens with zero attached hydrogens (tertiary/aromatic N) is 3. The van der Waals surface area contributed by atoms with Gasteiger partial charge in [-0.15, -0.1) is 0 Å². The maximum atomic E-state index is 12.5. The van der Waals surface area contributed by atoms with Crippen molar-refractivity contribution in [1.82, 2.24) is 15.1 Å². The van der Waals surface area contributed by atoms with Gasteiger partial charge in [0.05, 0.1) is 22.4 Å². The van der Waals surface area contributed by atoms with Gasteiger partial charge in [0.2, 0.25) is 0 Å². The lowest BCUT2D eigenvalue weighted by atomic mass is 9.81. The van der Waals surface area contributed by atoms with Crippen LogP contribution in [0.5, 0.6) is 0 Å². The number of aromatic nitrogens is 2. The van der Waals surface area contributed by atoms with Crippen LogP contribution >= 0.6 is 0 Å². The van der Waals surface area contributed by atoms with Gasteiger partial charge in [-0.3, -0.25) is 14.9 Å². The first-order valence-corrected chi connectivity index (χ1v) is 8.27. The molecule has 1 aromatic heterocycles. The molecule has 26 heavy (non-hydrogen) atoms. The Labute approximate surface area is 148 Å². The monoisotopic (exact) mass is 358 g/mol. The van der Waals surface area contributed by atoms with Crippen LogP contribution in [-0.2, 0) is 4.79 Å². The van der Waals surface area contributed by atoms with Gasteiger partial charge >= 0.3 is 5.97 Å². The summed E-state index contributed by atoms with van der Waals surface area (Å²) in [4.78, 5) is 34.4. The van der Waals surface area contributed by atoms with Crippen molar-refractivity contribution in [3.8, 4) is 5.69 Å². The molecule has 0 saturated heterocycles. The number of aliphatic carboxylic acids is 1. The molecule has 1 aliphatic carbocycles. The number of hydrogen-bond donors (Lipinski definition) is 2. The highest BCUT2D eigenvalue weighted by Crippen LogP contribution is 2.29. The van der Waals surface area contributed by atoms with E-state index in [1.165, 1.54) is 41.3 Å². The Balaban J connectivity index is 1.77.